The molecule has 1 rings (SSSR count). The lowest BCUT2D eigenvalue weighted by atomic mass is 10.3. The minimum atomic E-state index is -0.894. The average Bonchev–Trinajstić information content (AvgIpc) is 2.44. The molecule has 0 atom stereocenters. The molecular weight excluding hydrogens is 274 g/mol. The van der Waals surface area contributed by atoms with Gasteiger partial charge in [0.15, 0.2) is 0 Å². The van der Waals surface area contributed by atoms with E-state index in [1.807, 2.05) is 18.2 Å². The zero-order valence-corrected chi connectivity index (χ0v) is 11.6. The number of carboxylic acids is 1. The molecule has 0 aliphatic rings. The predicted molar refractivity (Wildman–Crippen MR) is 78.0 cm³/mol. The Morgan fingerprint density at radius 2 is 1.62 bits per heavy atom. The van der Waals surface area contributed by atoms with Crippen molar-refractivity contribution in [3.05, 3.63) is 30.3 Å². The van der Waals surface area contributed by atoms with E-state index in [1.54, 1.807) is 12.1 Å². The molecule has 0 radical (unpaired) electrons. The van der Waals surface area contributed by atoms with Crippen LogP contribution in [-0.4, -0.2) is 36.1 Å². The van der Waals surface area contributed by atoms with Crippen molar-refractivity contribution in [1.29, 1.82) is 0 Å². The van der Waals surface area contributed by atoms with Crippen molar-refractivity contribution >= 4 is 23.6 Å². The maximum atomic E-state index is 11.6. The van der Waals surface area contributed by atoms with Gasteiger partial charge in [0.1, 0.15) is 0 Å². The molecule has 1 aromatic carbocycles. The number of hydrogen-bond acceptors (Lipinski definition) is 3. The Morgan fingerprint density at radius 1 is 0.952 bits per heavy atom. The van der Waals surface area contributed by atoms with Crippen LogP contribution in [0.3, 0.4) is 0 Å². The number of rotatable bonds is 8. The maximum Gasteiger partial charge on any atom is 0.314 e. The first-order valence-electron chi connectivity index (χ1n) is 6.66. The van der Waals surface area contributed by atoms with Gasteiger partial charge in [-0.2, -0.15) is 0 Å². The largest absolute Gasteiger partial charge is 0.481 e. The van der Waals surface area contributed by atoms with Crippen molar-refractivity contribution in [2.75, 3.05) is 18.4 Å². The molecule has 7 heteroatoms. The Labute approximate surface area is 122 Å². The molecular formula is C14H19N3O4. The number of amides is 3. The molecule has 0 saturated heterocycles. The van der Waals surface area contributed by atoms with E-state index in [9.17, 15) is 14.4 Å². The highest BCUT2D eigenvalue weighted by Crippen LogP contribution is 2.04. The van der Waals surface area contributed by atoms with Gasteiger partial charge in [0.2, 0.25) is 5.91 Å². The first-order chi connectivity index (χ1) is 10.1. The van der Waals surface area contributed by atoms with Crippen LogP contribution in [0, 0.1) is 0 Å². The summed E-state index contributed by atoms with van der Waals surface area (Å²) >= 11 is 0. The summed E-state index contributed by atoms with van der Waals surface area (Å²) in [6.45, 7) is 0.498. The first kappa shape index (κ1) is 16.5. The van der Waals surface area contributed by atoms with Crippen LogP contribution in [0.25, 0.3) is 0 Å². The molecule has 0 heterocycles. The molecule has 0 aromatic heterocycles. The van der Waals surface area contributed by atoms with Gasteiger partial charge in [0, 0.05) is 31.6 Å². The Morgan fingerprint density at radius 3 is 2.29 bits per heavy atom. The van der Waals surface area contributed by atoms with Gasteiger partial charge < -0.3 is 21.1 Å². The number of anilines is 1. The summed E-state index contributed by atoms with van der Waals surface area (Å²) in [7, 11) is 0. The molecule has 0 aliphatic carbocycles. The van der Waals surface area contributed by atoms with E-state index in [0.29, 0.717) is 12.1 Å². The Bertz CT molecular complexity index is 476. The number of benzene rings is 1. The van der Waals surface area contributed by atoms with E-state index >= 15 is 0 Å². The lowest BCUT2D eigenvalue weighted by molar-refractivity contribution is -0.137. The molecule has 21 heavy (non-hydrogen) atoms. The monoisotopic (exact) mass is 293 g/mol. The molecule has 0 spiro atoms. The third-order valence-corrected chi connectivity index (χ3v) is 2.55. The number of aliphatic carboxylic acids is 1. The summed E-state index contributed by atoms with van der Waals surface area (Å²) in [6, 6.07) is 8.64. The van der Waals surface area contributed by atoms with E-state index in [-0.39, 0.29) is 31.8 Å². The van der Waals surface area contributed by atoms with Crippen LogP contribution in [0.1, 0.15) is 19.3 Å². The molecule has 1 aromatic rings. The molecule has 0 saturated carbocycles. The molecule has 3 amide bonds. The van der Waals surface area contributed by atoms with Crippen LogP contribution in [0.4, 0.5) is 10.5 Å². The fourth-order valence-corrected chi connectivity index (χ4v) is 1.54. The van der Waals surface area contributed by atoms with Crippen LogP contribution >= 0.6 is 0 Å². The number of para-hydroxylation sites is 1. The van der Waals surface area contributed by atoms with Gasteiger partial charge in [-0.15, -0.1) is 0 Å². The van der Waals surface area contributed by atoms with Crippen LogP contribution in [-0.2, 0) is 9.59 Å². The van der Waals surface area contributed by atoms with Crippen molar-refractivity contribution in [2.45, 2.75) is 19.3 Å². The van der Waals surface area contributed by atoms with Gasteiger partial charge >= 0.3 is 12.0 Å². The van der Waals surface area contributed by atoms with Crippen molar-refractivity contribution in [2.24, 2.45) is 0 Å². The number of nitrogens with one attached hydrogen (secondary N) is 3. The highest BCUT2D eigenvalue weighted by Gasteiger charge is 2.04. The number of carbonyl (C=O) groups excluding carboxylic acids is 2. The molecule has 0 aliphatic heterocycles. The van der Waals surface area contributed by atoms with Crippen molar-refractivity contribution in [1.82, 2.24) is 10.6 Å². The Hall–Kier alpha value is -2.57. The predicted octanol–water partition coefficient (Wildman–Crippen LogP) is 1.18. The number of urea groups is 1. The molecule has 0 fully saturated rings. The smallest absolute Gasteiger partial charge is 0.314 e. The summed E-state index contributed by atoms with van der Waals surface area (Å²) in [5.41, 5.74) is 0.709. The fourth-order valence-electron chi connectivity index (χ4n) is 1.54. The summed E-state index contributed by atoms with van der Waals surface area (Å²) in [5.74, 6) is -1.08. The highest BCUT2D eigenvalue weighted by molar-refractivity contribution is 5.91. The average molecular weight is 293 g/mol. The van der Waals surface area contributed by atoms with Crippen molar-refractivity contribution in [3.8, 4) is 0 Å². The van der Waals surface area contributed by atoms with Gasteiger partial charge in [0.25, 0.3) is 0 Å². The number of carbonyl (C=O) groups is 3. The molecule has 4 N–H and O–H groups in total. The van der Waals surface area contributed by atoms with Crippen LogP contribution in [0.15, 0.2) is 30.3 Å². The lowest BCUT2D eigenvalue weighted by Crippen LogP contribution is -2.37. The Balaban J connectivity index is 2.08. The van der Waals surface area contributed by atoms with E-state index < -0.39 is 12.0 Å². The highest BCUT2D eigenvalue weighted by atomic mass is 16.4. The molecule has 0 unspecified atom stereocenters. The van der Waals surface area contributed by atoms with Crippen molar-refractivity contribution in [3.63, 3.8) is 0 Å². The molecule has 7 nitrogen and oxygen atoms in total. The summed E-state index contributed by atoms with van der Waals surface area (Å²) < 4.78 is 0. The second-order valence-corrected chi connectivity index (χ2v) is 4.34. The minimum Gasteiger partial charge on any atom is -0.481 e. The summed E-state index contributed by atoms with van der Waals surface area (Å²) in [5, 5.41) is 16.2. The first-order valence-corrected chi connectivity index (χ1v) is 6.66. The fraction of sp³-hybridized carbons (Fsp3) is 0.357. The van der Waals surface area contributed by atoms with Crippen molar-refractivity contribution < 1.29 is 19.5 Å². The topological polar surface area (TPSA) is 108 Å². The minimum absolute atomic E-state index is 0.0137. The Kier molecular flexibility index (Phi) is 7.34. The third-order valence-electron chi connectivity index (χ3n) is 2.55. The van der Waals surface area contributed by atoms with Gasteiger partial charge in [-0.05, 0) is 18.6 Å². The zero-order chi connectivity index (χ0) is 15.5. The number of hydrogen-bond donors (Lipinski definition) is 4. The molecule has 0 bridgehead atoms. The summed E-state index contributed by atoms with van der Waals surface area (Å²) in [6.07, 6.45) is 0.550. The SMILES string of the molecule is O=C(O)CCCNC(=O)NCCC(=O)Nc1ccccc1. The second-order valence-electron chi connectivity index (χ2n) is 4.34. The van der Waals surface area contributed by atoms with Gasteiger partial charge in [-0.1, -0.05) is 18.2 Å². The lowest BCUT2D eigenvalue weighted by Gasteiger charge is -2.07. The second kappa shape index (κ2) is 9.35. The van der Waals surface area contributed by atoms with Crippen LogP contribution < -0.4 is 16.0 Å². The van der Waals surface area contributed by atoms with Crippen LogP contribution in [0.5, 0.6) is 0 Å². The zero-order valence-electron chi connectivity index (χ0n) is 11.6. The molecule has 114 valence electrons. The normalized spacial score (nSPS) is 9.71. The van der Waals surface area contributed by atoms with E-state index in [2.05, 4.69) is 16.0 Å². The van der Waals surface area contributed by atoms with E-state index in [1.165, 1.54) is 0 Å². The summed E-state index contributed by atoms with van der Waals surface area (Å²) in [4.78, 5) is 33.2. The van der Waals surface area contributed by atoms with Gasteiger partial charge in [-0.25, -0.2) is 4.79 Å². The number of carboxylic acid groups (broad SMARTS) is 1. The van der Waals surface area contributed by atoms with Gasteiger partial charge in [-0.3, -0.25) is 9.59 Å². The standard InChI is InChI=1S/C14H19N3O4/c18-12(17-11-5-2-1-3-6-11)8-10-16-14(21)15-9-4-7-13(19)20/h1-3,5-6H,4,7-10H2,(H,17,18)(H,19,20)(H2,15,16,21). The van der Waals surface area contributed by atoms with Crippen LogP contribution in [0.2, 0.25) is 0 Å². The maximum absolute atomic E-state index is 11.6. The third kappa shape index (κ3) is 8.25. The van der Waals surface area contributed by atoms with Gasteiger partial charge in [0.05, 0.1) is 0 Å². The van der Waals surface area contributed by atoms with E-state index in [0.717, 1.165) is 0 Å². The quantitative estimate of drug-likeness (QED) is 0.540. The van der Waals surface area contributed by atoms with E-state index in [4.69, 9.17) is 5.11 Å².